The Hall–Kier alpha value is -2.08. The van der Waals surface area contributed by atoms with Gasteiger partial charge in [0.05, 0.1) is 12.2 Å². The molecule has 0 bridgehead atoms. The lowest BCUT2D eigenvalue weighted by atomic mass is 9.57. The van der Waals surface area contributed by atoms with E-state index in [0.29, 0.717) is 37.3 Å². The average Bonchev–Trinajstić information content (AvgIpc) is 2.61. The highest BCUT2D eigenvalue weighted by Gasteiger charge is 2.49. The van der Waals surface area contributed by atoms with Gasteiger partial charge >= 0.3 is 0 Å². The number of carbonyl (C=O) groups excluding carboxylic acids is 2. The Bertz CT molecular complexity index is 736. The maximum atomic E-state index is 12.3. The van der Waals surface area contributed by atoms with Gasteiger partial charge in [0.25, 0.3) is 0 Å². The van der Waals surface area contributed by atoms with Crippen molar-refractivity contribution < 1.29 is 14.3 Å². The zero-order valence-electron chi connectivity index (χ0n) is 16.2. The van der Waals surface area contributed by atoms with Gasteiger partial charge in [-0.2, -0.15) is 0 Å². The van der Waals surface area contributed by atoms with Crippen molar-refractivity contribution >= 4 is 17.5 Å². The van der Waals surface area contributed by atoms with Crippen molar-refractivity contribution in [1.82, 2.24) is 10.6 Å². The molecule has 3 fully saturated rings. The van der Waals surface area contributed by atoms with Crippen LogP contribution in [0.25, 0.3) is 0 Å². The Morgan fingerprint density at radius 3 is 2.63 bits per heavy atom. The van der Waals surface area contributed by atoms with Crippen LogP contribution in [0.15, 0.2) is 18.2 Å². The van der Waals surface area contributed by atoms with E-state index < -0.39 is 0 Å². The number of hydrogen-bond donors (Lipinski definition) is 2. The Labute approximate surface area is 160 Å². The van der Waals surface area contributed by atoms with Crippen molar-refractivity contribution in [3.8, 4) is 5.75 Å². The van der Waals surface area contributed by atoms with E-state index in [9.17, 15) is 9.59 Å². The van der Waals surface area contributed by atoms with E-state index in [-0.39, 0.29) is 17.9 Å². The first-order chi connectivity index (χ1) is 13.2. The van der Waals surface area contributed by atoms with Crippen LogP contribution in [0, 0.1) is 5.41 Å². The number of carbonyl (C=O) groups is 2. The third-order valence-corrected chi connectivity index (χ3v) is 6.30. The Morgan fingerprint density at radius 2 is 1.96 bits per heavy atom. The number of para-hydroxylation sites is 1. The Morgan fingerprint density at radius 1 is 1.19 bits per heavy atom. The van der Waals surface area contributed by atoms with Gasteiger partial charge in [-0.05, 0) is 42.2 Å². The number of hydrogen-bond acceptors (Lipinski definition) is 5. The third kappa shape index (κ3) is 3.10. The molecule has 1 aromatic rings. The van der Waals surface area contributed by atoms with Gasteiger partial charge in [0.15, 0.2) is 0 Å². The first kappa shape index (κ1) is 18.3. The molecule has 5 rings (SSSR count). The van der Waals surface area contributed by atoms with Crippen LogP contribution in [0.4, 0.5) is 5.69 Å². The fourth-order valence-corrected chi connectivity index (χ4v) is 4.89. The van der Waals surface area contributed by atoms with Gasteiger partial charge in [0, 0.05) is 19.5 Å². The third-order valence-electron chi connectivity index (χ3n) is 6.30. The van der Waals surface area contributed by atoms with Crippen molar-refractivity contribution in [2.24, 2.45) is 5.41 Å². The van der Waals surface area contributed by atoms with E-state index in [1.54, 1.807) is 0 Å². The van der Waals surface area contributed by atoms with Crippen molar-refractivity contribution in [1.29, 1.82) is 0 Å². The van der Waals surface area contributed by atoms with Crippen molar-refractivity contribution in [2.45, 2.75) is 51.5 Å². The van der Waals surface area contributed by atoms with E-state index in [4.69, 9.17) is 4.74 Å². The molecular formula is C21H29N3O3. The highest BCUT2D eigenvalue weighted by atomic mass is 16.5. The fraction of sp³-hybridized carbons (Fsp3) is 0.619. The molecule has 0 aromatic heterocycles. The van der Waals surface area contributed by atoms with E-state index in [1.165, 1.54) is 18.4 Å². The lowest BCUT2D eigenvalue weighted by Gasteiger charge is -2.55. The molecule has 27 heavy (non-hydrogen) atoms. The molecule has 146 valence electrons. The maximum Gasteiger partial charge on any atom is 0.249 e. The summed E-state index contributed by atoms with van der Waals surface area (Å²) >= 11 is 0. The average molecular weight is 371 g/mol. The standard InChI is InChI=1S/C19H23N3O3.C2H6/c23-16-5-4-15(18(24)21-16)22-6-7-25-17-13(2-1-3-14(17)22)12-8-19(9-12)10-20-11-19;1-2/h1-3,12,15,20H,4-11H2,(H,21,23,24);1-2H3. The van der Waals surface area contributed by atoms with Crippen LogP contribution in [0.3, 0.4) is 0 Å². The smallest absolute Gasteiger partial charge is 0.249 e. The molecule has 3 aliphatic heterocycles. The molecule has 6 nitrogen and oxygen atoms in total. The monoisotopic (exact) mass is 371 g/mol. The minimum Gasteiger partial charge on any atom is -0.489 e. The van der Waals surface area contributed by atoms with Gasteiger partial charge in [-0.25, -0.2) is 0 Å². The number of amides is 2. The van der Waals surface area contributed by atoms with E-state index in [1.807, 2.05) is 19.9 Å². The van der Waals surface area contributed by atoms with Crippen molar-refractivity contribution in [3.05, 3.63) is 23.8 Å². The Balaban J connectivity index is 0.000000872. The lowest BCUT2D eigenvalue weighted by Crippen LogP contribution is -2.59. The predicted molar refractivity (Wildman–Crippen MR) is 104 cm³/mol. The summed E-state index contributed by atoms with van der Waals surface area (Å²) in [4.78, 5) is 25.9. The molecule has 1 aromatic carbocycles. The molecule has 1 unspecified atom stereocenters. The summed E-state index contributed by atoms with van der Waals surface area (Å²) < 4.78 is 6.05. The summed E-state index contributed by atoms with van der Waals surface area (Å²) in [6.45, 7) is 7.55. The molecule has 6 heteroatoms. The van der Waals surface area contributed by atoms with E-state index >= 15 is 0 Å². The number of piperidine rings is 1. The van der Waals surface area contributed by atoms with E-state index in [0.717, 1.165) is 24.5 Å². The summed E-state index contributed by atoms with van der Waals surface area (Å²) in [7, 11) is 0. The van der Waals surface area contributed by atoms with Crippen LogP contribution in [-0.2, 0) is 9.59 Å². The second-order valence-corrected chi connectivity index (χ2v) is 7.91. The van der Waals surface area contributed by atoms with Gasteiger partial charge in [0.2, 0.25) is 11.8 Å². The molecule has 1 saturated carbocycles. The number of imide groups is 1. The number of fused-ring (bicyclic) bond motifs is 1. The van der Waals surface area contributed by atoms with Crippen molar-refractivity contribution in [2.75, 3.05) is 31.1 Å². The lowest BCUT2D eigenvalue weighted by molar-refractivity contribution is -0.134. The number of benzene rings is 1. The minimum atomic E-state index is -0.279. The van der Waals surface area contributed by atoms with Crippen molar-refractivity contribution in [3.63, 3.8) is 0 Å². The van der Waals surface area contributed by atoms with Crippen LogP contribution < -0.4 is 20.3 Å². The zero-order chi connectivity index (χ0) is 19.0. The number of nitrogens with one attached hydrogen (secondary N) is 2. The SMILES string of the molecule is CC.O=C1CCC(N2CCOc3c(C4CC5(CNC5)C4)cccc32)C(=O)N1. The molecule has 1 aliphatic carbocycles. The van der Waals surface area contributed by atoms with Crippen LogP contribution >= 0.6 is 0 Å². The quantitative estimate of drug-likeness (QED) is 0.780. The maximum absolute atomic E-state index is 12.3. The molecule has 3 heterocycles. The number of anilines is 1. The van der Waals surface area contributed by atoms with Crippen LogP contribution in [0.1, 0.15) is 51.0 Å². The highest BCUT2D eigenvalue weighted by molar-refractivity contribution is 6.01. The second kappa shape index (κ2) is 7.15. The van der Waals surface area contributed by atoms with Gasteiger partial charge in [-0.15, -0.1) is 0 Å². The van der Waals surface area contributed by atoms with Gasteiger partial charge in [-0.1, -0.05) is 26.0 Å². The second-order valence-electron chi connectivity index (χ2n) is 7.91. The summed E-state index contributed by atoms with van der Waals surface area (Å²) in [5.74, 6) is 1.15. The van der Waals surface area contributed by atoms with Crippen LogP contribution in [-0.4, -0.2) is 44.1 Å². The molecule has 4 aliphatic rings. The fourth-order valence-electron chi connectivity index (χ4n) is 4.89. The summed E-state index contributed by atoms with van der Waals surface area (Å²) in [6.07, 6.45) is 3.42. The summed E-state index contributed by atoms with van der Waals surface area (Å²) in [6, 6.07) is 6.02. The van der Waals surface area contributed by atoms with Gasteiger partial charge in [0.1, 0.15) is 18.4 Å². The molecular weight excluding hydrogens is 342 g/mol. The number of ether oxygens (including phenoxy) is 1. The molecule has 2 N–H and O–H groups in total. The largest absolute Gasteiger partial charge is 0.489 e. The van der Waals surface area contributed by atoms with E-state index in [2.05, 4.69) is 27.7 Å². The first-order valence-electron chi connectivity index (χ1n) is 10.2. The molecule has 1 atom stereocenters. The highest BCUT2D eigenvalue weighted by Crippen LogP contribution is 2.56. The summed E-state index contributed by atoms with van der Waals surface area (Å²) in [5.41, 5.74) is 2.81. The topological polar surface area (TPSA) is 70.7 Å². The normalized spacial score (nSPS) is 26.0. The summed E-state index contributed by atoms with van der Waals surface area (Å²) in [5, 5.41) is 5.86. The van der Waals surface area contributed by atoms with Gasteiger partial charge in [-0.3, -0.25) is 14.9 Å². The van der Waals surface area contributed by atoms with Crippen LogP contribution in [0.2, 0.25) is 0 Å². The predicted octanol–water partition coefficient (Wildman–Crippen LogP) is 2.18. The first-order valence-corrected chi connectivity index (χ1v) is 10.2. The minimum absolute atomic E-state index is 0.169. The molecule has 2 saturated heterocycles. The van der Waals surface area contributed by atoms with Gasteiger partial charge < -0.3 is 15.0 Å². The number of rotatable bonds is 2. The Kier molecular flexibility index (Phi) is 4.84. The molecule has 2 amide bonds. The number of nitrogens with zero attached hydrogens (tertiary/aromatic N) is 1. The molecule has 1 spiro atoms. The molecule has 0 radical (unpaired) electrons. The van der Waals surface area contributed by atoms with Crippen LogP contribution in [0.5, 0.6) is 5.75 Å². The zero-order valence-corrected chi connectivity index (χ0v) is 16.2.